The average Bonchev–Trinajstić information content (AvgIpc) is 2.37. The van der Waals surface area contributed by atoms with Gasteiger partial charge >= 0.3 is 5.97 Å². The van der Waals surface area contributed by atoms with Crippen LogP contribution in [0.4, 0.5) is 0 Å². The summed E-state index contributed by atoms with van der Waals surface area (Å²) in [6.45, 7) is 1.93. The Kier molecular flexibility index (Phi) is 4.97. The van der Waals surface area contributed by atoms with E-state index in [1.165, 1.54) is 16.4 Å². The van der Waals surface area contributed by atoms with Crippen molar-refractivity contribution in [2.45, 2.75) is 30.7 Å². The fraction of sp³-hybridized carbons (Fsp3) is 0.462. The fourth-order valence-corrected chi connectivity index (χ4v) is 5.31. The summed E-state index contributed by atoms with van der Waals surface area (Å²) in [6.07, 6.45) is 1.01. The molecule has 1 heterocycles. The molecule has 0 bridgehead atoms. The van der Waals surface area contributed by atoms with Crippen LogP contribution < -0.4 is 0 Å². The van der Waals surface area contributed by atoms with Gasteiger partial charge in [-0.1, -0.05) is 27.5 Å². The minimum Gasteiger partial charge on any atom is -0.481 e. The molecule has 0 aromatic heterocycles. The third-order valence-corrected chi connectivity index (χ3v) is 6.69. The molecule has 0 radical (unpaired) electrons. The van der Waals surface area contributed by atoms with Gasteiger partial charge in [0.2, 0.25) is 10.0 Å². The lowest BCUT2D eigenvalue weighted by Crippen LogP contribution is -2.49. The number of carbonyl (C=O) groups is 1. The van der Waals surface area contributed by atoms with Crippen LogP contribution in [-0.2, 0) is 14.8 Å². The Bertz CT molecular complexity index is 664. The molecule has 1 N–H and O–H groups in total. The summed E-state index contributed by atoms with van der Waals surface area (Å²) in [4.78, 5) is 11.2. The van der Waals surface area contributed by atoms with Gasteiger partial charge in [0.25, 0.3) is 0 Å². The molecule has 2 atom stereocenters. The van der Waals surface area contributed by atoms with E-state index in [0.29, 0.717) is 23.9 Å². The lowest BCUT2D eigenvalue weighted by Gasteiger charge is -2.36. The van der Waals surface area contributed by atoms with Crippen LogP contribution >= 0.6 is 27.5 Å². The Balaban J connectivity index is 2.41. The Hall–Kier alpha value is -0.630. The quantitative estimate of drug-likeness (QED) is 0.852. The molecule has 0 saturated carbocycles. The number of halogens is 2. The predicted molar refractivity (Wildman–Crippen MR) is 82.9 cm³/mol. The summed E-state index contributed by atoms with van der Waals surface area (Å²) in [7, 11) is -3.81. The molecule has 0 spiro atoms. The minimum atomic E-state index is -3.81. The number of nitrogens with zero attached hydrogens (tertiary/aromatic N) is 1. The SMILES string of the molecule is C[C@@H]1[C@H](C(=O)O)CCCN1S(=O)(=O)c1ccc(Br)cc1Cl. The van der Waals surface area contributed by atoms with E-state index in [2.05, 4.69) is 15.9 Å². The average molecular weight is 397 g/mol. The first-order valence-corrected chi connectivity index (χ1v) is 9.06. The fourth-order valence-electron chi connectivity index (χ4n) is 2.59. The Morgan fingerprint density at radius 3 is 2.71 bits per heavy atom. The van der Waals surface area contributed by atoms with E-state index < -0.39 is 28.0 Å². The largest absolute Gasteiger partial charge is 0.481 e. The molecule has 1 aliphatic rings. The van der Waals surface area contributed by atoms with Crippen molar-refractivity contribution in [3.8, 4) is 0 Å². The molecule has 1 saturated heterocycles. The smallest absolute Gasteiger partial charge is 0.308 e. The standard InChI is InChI=1S/C13H15BrClNO4S/c1-8-10(13(17)18)3-2-6-16(8)21(19,20)12-5-4-9(14)7-11(12)15/h4-5,7-8,10H,2-3,6H2,1H3,(H,17,18)/t8-,10-/m1/s1. The molecule has 1 aliphatic heterocycles. The minimum absolute atomic E-state index is 0.00487. The zero-order valence-electron chi connectivity index (χ0n) is 11.3. The normalized spacial score (nSPS) is 24.0. The highest BCUT2D eigenvalue weighted by atomic mass is 79.9. The summed E-state index contributed by atoms with van der Waals surface area (Å²) in [6, 6.07) is 3.94. The van der Waals surface area contributed by atoms with Crippen LogP contribution in [0.2, 0.25) is 5.02 Å². The lowest BCUT2D eigenvalue weighted by atomic mass is 9.92. The van der Waals surface area contributed by atoms with Gasteiger partial charge in [0.1, 0.15) is 4.90 Å². The summed E-state index contributed by atoms with van der Waals surface area (Å²) < 4.78 is 27.4. The first-order chi connectivity index (χ1) is 9.75. The van der Waals surface area contributed by atoms with Gasteiger partial charge < -0.3 is 5.11 Å². The lowest BCUT2D eigenvalue weighted by molar-refractivity contribution is -0.144. The predicted octanol–water partition coefficient (Wildman–Crippen LogP) is 2.98. The number of hydrogen-bond donors (Lipinski definition) is 1. The van der Waals surface area contributed by atoms with Crippen LogP contribution in [0.25, 0.3) is 0 Å². The van der Waals surface area contributed by atoms with E-state index in [-0.39, 0.29) is 9.92 Å². The van der Waals surface area contributed by atoms with Crippen molar-refractivity contribution >= 4 is 43.5 Å². The number of aliphatic carboxylic acids is 1. The Morgan fingerprint density at radius 1 is 1.48 bits per heavy atom. The first-order valence-electron chi connectivity index (χ1n) is 6.45. The zero-order valence-corrected chi connectivity index (χ0v) is 14.4. The van der Waals surface area contributed by atoms with E-state index in [9.17, 15) is 18.3 Å². The summed E-state index contributed by atoms with van der Waals surface area (Å²) in [5, 5.41) is 9.32. The molecule has 21 heavy (non-hydrogen) atoms. The molecule has 0 unspecified atom stereocenters. The van der Waals surface area contributed by atoms with Crippen molar-refractivity contribution in [1.82, 2.24) is 4.31 Å². The van der Waals surface area contributed by atoms with Crippen LogP contribution in [0.1, 0.15) is 19.8 Å². The van der Waals surface area contributed by atoms with Crippen molar-refractivity contribution in [3.05, 3.63) is 27.7 Å². The second kappa shape index (κ2) is 6.24. The molecular formula is C13H15BrClNO4S. The van der Waals surface area contributed by atoms with E-state index in [1.807, 2.05) is 0 Å². The number of benzene rings is 1. The van der Waals surface area contributed by atoms with Gasteiger partial charge in [-0.05, 0) is 38.0 Å². The topological polar surface area (TPSA) is 74.7 Å². The molecule has 0 aliphatic carbocycles. The van der Waals surface area contributed by atoms with Crippen LogP contribution in [0.5, 0.6) is 0 Å². The van der Waals surface area contributed by atoms with Crippen molar-refractivity contribution in [1.29, 1.82) is 0 Å². The maximum atomic E-state index is 12.7. The van der Waals surface area contributed by atoms with Gasteiger partial charge in [-0.15, -0.1) is 0 Å². The second-order valence-electron chi connectivity index (χ2n) is 5.02. The van der Waals surface area contributed by atoms with Gasteiger partial charge in [-0.25, -0.2) is 8.42 Å². The van der Waals surface area contributed by atoms with Gasteiger partial charge in [-0.3, -0.25) is 4.79 Å². The molecule has 2 rings (SSSR count). The highest BCUT2D eigenvalue weighted by Gasteiger charge is 2.40. The summed E-state index contributed by atoms with van der Waals surface area (Å²) in [5.74, 6) is -1.66. The van der Waals surface area contributed by atoms with Crippen LogP contribution in [0.3, 0.4) is 0 Å². The van der Waals surface area contributed by atoms with Gasteiger partial charge in [0, 0.05) is 17.1 Å². The van der Waals surface area contributed by atoms with Crippen molar-refractivity contribution in [3.63, 3.8) is 0 Å². The maximum absolute atomic E-state index is 12.7. The number of hydrogen-bond acceptors (Lipinski definition) is 3. The zero-order chi connectivity index (χ0) is 15.8. The molecule has 1 fully saturated rings. The van der Waals surface area contributed by atoms with Crippen molar-refractivity contribution < 1.29 is 18.3 Å². The van der Waals surface area contributed by atoms with Crippen molar-refractivity contribution in [2.24, 2.45) is 5.92 Å². The third-order valence-electron chi connectivity index (χ3n) is 3.73. The van der Waals surface area contributed by atoms with Crippen molar-refractivity contribution in [2.75, 3.05) is 6.54 Å². The monoisotopic (exact) mass is 395 g/mol. The van der Waals surface area contributed by atoms with E-state index in [1.54, 1.807) is 13.0 Å². The maximum Gasteiger partial charge on any atom is 0.308 e. The van der Waals surface area contributed by atoms with E-state index in [4.69, 9.17) is 11.6 Å². The highest BCUT2D eigenvalue weighted by molar-refractivity contribution is 9.10. The Morgan fingerprint density at radius 2 is 2.14 bits per heavy atom. The van der Waals surface area contributed by atoms with Gasteiger partial charge in [0.15, 0.2) is 0 Å². The molecule has 116 valence electrons. The van der Waals surface area contributed by atoms with Crippen LogP contribution in [0.15, 0.2) is 27.6 Å². The van der Waals surface area contributed by atoms with Crippen LogP contribution in [-0.4, -0.2) is 36.4 Å². The van der Waals surface area contributed by atoms with Gasteiger partial charge in [-0.2, -0.15) is 4.31 Å². The second-order valence-corrected chi connectivity index (χ2v) is 8.20. The molecular weight excluding hydrogens is 382 g/mol. The third kappa shape index (κ3) is 3.26. The highest BCUT2D eigenvalue weighted by Crippen LogP contribution is 2.33. The van der Waals surface area contributed by atoms with E-state index in [0.717, 1.165) is 0 Å². The number of carboxylic acids is 1. The molecule has 5 nitrogen and oxygen atoms in total. The van der Waals surface area contributed by atoms with E-state index >= 15 is 0 Å². The Labute approximate surface area is 137 Å². The number of piperidine rings is 1. The summed E-state index contributed by atoms with van der Waals surface area (Å²) in [5.41, 5.74) is 0. The first kappa shape index (κ1) is 16.7. The number of sulfonamides is 1. The number of carboxylic acid groups (broad SMARTS) is 1. The van der Waals surface area contributed by atoms with Crippen LogP contribution in [0, 0.1) is 5.92 Å². The molecule has 1 aromatic carbocycles. The van der Waals surface area contributed by atoms with Gasteiger partial charge in [0.05, 0.1) is 10.9 Å². The molecule has 8 heteroatoms. The number of rotatable bonds is 3. The summed E-state index contributed by atoms with van der Waals surface area (Å²) >= 11 is 9.26. The molecule has 1 aromatic rings. The molecule has 0 amide bonds.